The van der Waals surface area contributed by atoms with Crippen LogP contribution >= 0.6 is 0 Å². The molecule has 0 aromatic carbocycles. The number of Topliss-reactive ketones (excluding diaryl/α,β-unsaturated/α-hetero) is 1. The standard InChI is InChI=1S/C22H25N5O4/c1-14-17(13-24-15(2)25-14)20(28)18-19(16-3-5-23-6-4-16)27(22(30)21(18)29)8-7-26-9-11-31-12-10-26/h3-6,13,19,28H,7-12H2,1-2H3. The summed E-state index contributed by atoms with van der Waals surface area (Å²) in [7, 11) is 0. The maximum atomic E-state index is 13.0. The van der Waals surface area contributed by atoms with Gasteiger partial charge in [-0.15, -0.1) is 0 Å². The first-order valence-corrected chi connectivity index (χ1v) is 10.3. The lowest BCUT2D eigenvalue weighted by molar-refractivity contribution is -0.140. The molecule has 9 nitrogen and oxygen atoms in total. The fourth-order valence-electron chi connectivity index (χ4n) is 4.04. The van der Waals surface area contributed by atoms with Crippen molar-refractivity contribution in [1.29, 1.82) is 0 Å². The number of carbonyl (C=O) groups is 2. The highest BCUT2D eigenvalue weighted by Crippen LogP contribution is 2.39. The third kappa shape index (κ3) is 4.19. The van der Waals surface area contributed by atoms with E-state index in [2.05, 4.69) is 19.9 Å². The number of rotatable bonds is 5. The van der Waals surface area contributed by atoms with Crippen molar-refractivity contribution in [3.05, 3.63) is 58.9 Å². The molecule has 4 rings (SSSR count). The molecule has 1 atom stereocenters. The number of aliphatic hydroxyl groups excluding tert-OH is 1. The summed E-state index contributed by atoms with van der Waals surface area (Å²) < 4.78 is 5.38. The lowest BCUT2D eigenvalue weighted by Crippen LogP contribution is -2.42. The maximum Gasteiger partial charge on any atom is 0.295 e. The molecule has 2 aromatic rings. The minimum absolute atomic E-state index is 0.0498. The average molecular weight is 423 g/mol. The highest BCUT2D eigenvalue weighted by molar-refractivity contribution is 6.46. The van der Waals surface area contributed by atoms with Gasteiger partial charge in [-0.2, -0.15) is 0 Å². The van der Waals surface area contributed by atoms with Gasteiger partial charge in [0.25, 0.3) is 11.7 Å². The Labute approximate surface area is 180 Å². The summed E-state index contributed by atoms with van der Waals surface area (Å²) in [5.74, 6) is -1.03. The summed E-state index contributed by atoms with van der Waals surface area (Å²) in [6, 6.07) is 2.80. The van der Waals surface area contributed by atoms with E-state index in [0.29, 0.717) is 48.9 Å². The van der Waals surface area contributed by atoms with Crippen molar-refractivity contribution in [2.24, 2.45) is 0 Å². The Balaban J connectivity index is 1.74. The lowest BCUT2D eigenvalue weighted by Gasteiger charge is -2.31. The van der Waals surface area contributed by atoms with Crippen LogP contribution in [0.5, 0.6) is 0 Å². The summed E-state index contributed by atoms with van der Waals surface area (Å²) in [4.78, 5) is 42.2. The van der Waals surface area contributed by atoms with Crippen molar-refractivity contribution in [1.82, 2.24) is 24.8 Å². The zero-order valence-electron chi connectivity index (χ0n) is 17.6. The second-order valence-corrected chi connectivity index (χ2v) is 7.64. The first kappa shape index (κ1) is 21.1. The van der Waals surface area contributed by atoms with Crippen molar-refractivity contribution < 1.29 is 19.4 Å². The topological polar surface area (TPSA) is 109 Å². The number of aryl methyl sites for hydroxylation is 2. The number of hydrogen-bond donors (Lipinski definition) is 1. The number of morpholine rings is 1. The SMILES string of the molecule is Cc1ncc(C(O)=C2C(=O)C(=O)N(CCN3CCOCC3)C2c2ccncc2)c(C)n1. The van der Waals surface area contributed by atoms with Crippen LogP contribution in [0.3, 0.4) is 0 Å². The van der Waals surface area contributed by atoms with Crippen LogP contribution in [0.4, 0.5) is 0 Å². The molecule has 31 heavy (non-hydrogen) atoms. The van der Waals surface area contributed by atoms with E-state index in [-0.39, 0.29) is 11.3 Å². The predicted molar refractivity (Wildman–Crippen MR) is 112 cm³/mol. The van der Waals surface area contributed by atoms with E-state index in [1.807, 2.05) is 0 Å². The van der Waals surface area contributed by atoms with Gasteiger partial charge >= 0.3 is 0 Å². The quantitative estimate of drug-likeness (QED) is 0.435. The molecule has 1 unspecified atom stereocenters. The monoisotopic (exact) mass is 423 g/mol. The highest BCUT2D eigenvalue weighted by atomic mass is 16.5. The van der Waals surface area contributed by atoms with E-state index in [1.165, 1.54) is 11.1 Å². The van der Waals surface area contributed by atoms with Gasteiger partial charge in [0.05, 0.1) is 36.1 Å². The van der Waals surface area contributed by atoms with Gasteiger partial charge in [-0.3, -0.25) is 19.5 Å². The molecule has 162 valence electrons. The molecule has 2 aromatic heterocycles. The number of amides is 1. The van der Waals surface area contributed by atoms with E-state index in [9.17, 15) is 14.7 Å². The third-order valence-corrected chi connectivity index (χ3v) is 5.68. The van der Waals surface area contributed by atoms with Crippen LogP contribution in [0.2, 0.25) is 0 Å². The van der Waals surface area contributed by atoms with Crippen LogP contribution < -0.4 is 0 Å². The largest absolute Gasteiger partial charge is 0.507 e. The summed E-state index contributed by atoms with van der Waals surface area (Å²) >= 11 is 0. The molecule has 1 amide bonds. The number of aromatic nitrogens is 3. The molecule has 1 N–H and O–H groups in total. The fraction of sp³-hybridized carbons (Fsp3) is 0.409. The average Bonchev–Trinajstić information content (AvgIpc) is 3.03. The first-order chi connectivity index (χ1) is 15.0. The van der Waals surface area contributed by atoms with Gasteiger partial charge in [0.1, 0.15) is 11.6 Å². The first-order valence-electron chi connectivity index (χ1n) is 10.3. The normalized spacial score (nSPS) is 21.6. The molecule has 4 heterocycles. The second-order valence-electron chi connectivity index (χ2n) is 7.64. The van der Waals surface area contributed by atoms with Crippen molar-refractivity contribution >= 4 is 17.4 Å². The molecular formula is C22H25N5O4. The van der Waals surface area contributed by atoms with Crippen LogP contribution in [-0.2, 0) is 14.3 Å². The van der Waals surface area contributed by atoms with Gasteiger partial charge in [-0.25, -0.2) is 9.97 Å². The number of pyridine rings is 1. The molecule has 2 saturated heterocycles. The Morgan fingerprint density at radius 1 is 1.16 bits per heavy atom. The molecule has 9 heteroatoms. The molecule has 0 radical (unpaired) electrons. The molecule has 2 aliphatic heterocycles. The van der Waals surface area contributed by atoms with Crippen LogP contribution in [0, 0.1) is 13.8 Å². The Morgan fingerprint density at radius 3 is 2.55 bits per heavy atom. The van der Waals surface area contributed by atoms with Gasteiger partial charge in [0, 0.05) is 44.8 Å². The van der Waals surface area contributed by atoms with Gasteiger partial charge in [-0.05, 0) is 31.5 Å². The van der Waals surface area contributed by atoms with Crippen molar-refractivity contribution in [3.63, 3.8) is 0 Å². The van der Waals surface area contributed by atoms with Crippen LogP contribution in [0.15, 0.2) is 36.3 Å². The Morgan fingerprint density at radius 2 is 1.87 bits per heavy atom. The number of carbonyl (C=O) groups excluding carboxylic acids is 2. The number of ether oxygens (including phenoxy) is 1. The Hall–Kier alpha value is -3.17. The summed E-state index contributed by atoms with van der Waals surface area (Å²) in [6.45, 7) is 7.33. The van der Waals surface area contributed by atoms with E-state index >= 15 is 0 Å². The molecule has 2 fully saturated rings. The Kier molecular flexibility index (Phi) is 6.06. The molecule has 0 saturated carbocycles. The molecule has 0 spiro atoms. The summed E-state index contributed by atoms with van der Waals surface area (Å²) in [5, 5.41) is 11.1. The predicted octanol–water partition coefficient (Wildman–Crippen LogP) is 1.24. The van der Waals surface area contributed by atoms with Crippen LogP contribution in [0.1, 0.15) is 28.7 Å². The van der Waals surface area contributed by atoms with Gasteiger partial charge in [0.2, 0.25) is 0 Å². The fourth-order valence-corrected chi connectivity index (χ4v) is 4.04. The number of hydrogen-bond acceptors (Lipinski definition) is 8. The lowest BCUT2D eigenvalue weighted by atomic mass is 9.96. The minimum Gasteiger partial charge on any atom is -0.507 e. The summed E-state index contributed by atoms with van der Waals surface area (Å²) in [5.41, 5.74) is 1.64. The number of likely N-dealkylation sites (tertiary alicyclic amines) is 1. The van der Waals surface area contributed by atoms with Gasteiger partial charge in [-0.1, -0.05) is 0 Å². The third-order valence-electron chi connectivity index (χ3n) is 5.68. The van der Waals surface area contributed by atoms with E-state index in [4.69, 9.17) is 4.74 Å². The van der Waals surface area contributed by atoms with E-state index in [1.54, 1.807) is 38.4 Å². The minimum atomic E-state index is -0.707. The highest BCUT2D eigenvalue weighted by Gasteiger charge is 2.46. The number of aliphatic hydroxyl groups is 1. The van der Waals surface area contributed by atoms with E-state index in [0.717, 1.165) is 13.1 Å². The molecule has 0 bridgehead atoms. The van der Waals surface area contributed by atoms with E-state index < -0.39 is 17.7 Å². The van der Waals surface area contributed by atoms with Gasteiger partial charge < -0.3 is 14.7 Å². The molecule has 2 aliphatic rings. The number of ketones is 1. The number of nitrogens with zero attached hydrogens (tertiary/aromatic N) is 5. The van der Waals surface area contributed by atoms with Crippen LogP contribution in [0.25, 0.3) is 5.76 Å². The smallest absolute Gasteiger partial charge is 0.295 e. The van der Waals surface area contributed by atoms with Crippen molar-refractivity contribution in [2.45, 2.75) is 19.9 Å². The zero-order valence-corrected chi connectivity index (χ0v) is 17.6. The summed E-state index contributed by atoms with van der Waals surface area (Å²) in [6.07, 6.45) is 4.70. The van der Waals surface area contributed by atoms with Gasteiger partial charge in [0.15, 0.2) is 0 Å². The van der Waals surface area contributed by atoms with Crippen molar-refractivity contribution in [3.8, 4) is 0 Å². The van der Waals surface area contributed by atoms with Crippen LogP contribution in [-0.4, -0.2) is 80.9 Å². The molecular weight excluding hydrogens is 398 g/mol. The zero-order chi connectivity index (χ0) is 22.0. The molecule has 0 aliphatic carbocycles. The maximum absolute atomic E-state index is 13.0. The second kappa shape index (κ2) is 8.91. The van der Waals surface area contributed by atoms with Crippen molar-refractivity contribution in [2.75, 3.05) is 39.4 Å². The Bertz CT molecular complexity index is 1020.